The first-order valence-corrected chi connectivity index (χ1v) is 11.3. The molecule has 0 radical (unpaired) electrons. The summed E-state index contributed by atoms with van der Waals surface area (Å²) in [5.74, 6) is 1.41. The molecule has 2 aromatic rings. The Balaban J connectivity index is 1.52. The van der Waals surface area contributed by atoms with E-state index in [4.69, 9.17) is 4.74 Å². The summed E-state index contributed by atoms with van der Waals surface area (Å²) in [4.78, 5) is 19.0. The Bertz CT molecular complexity index is 848. The maximum absolute atomic E-state index is 12.2. The second kappa shape index (κ2) is 12.7. The van der Waals surface area contributed by atoms with Crippen molar-refractivity contribution in [1.29, 1.82) is 0 Å². The maximum Gasteiger partial charge on any atom is 0.239 e. The summed E-state index contributed by atoms with van der Waals surface area (Å²) >= 11 is 0. The summed E-state index contributed by atoms with van der Waals surface area (Å²) in [6.45, 7) is 3.57. The molecule has 1 aliphatic heterocycles. The van der Waals surface area contributed by atoms with Crippen LogP contribution in [0.15, 0.2) is 59.6 Å². The summed E-state index contributed by atoms with van der Waals surface area (Å²) in [5.41, 5.74) is 2.32. The lowest BCUT2D eigenvalue weighted by Crippen LogP contribution is -2.46. The smallest absolute Gasteiger partial charge is 0.239 e. The van der Waals surface area contributed by atoms with Gasteiger partial charge >= 0.3 is 0 Å². The number of nitrogens with one attached hydrogen (secondary N) is 3. The summed E-state index contributed by atoms with van der Waals surface area (Å²) in [6, 6.07) is 18.4. The Morgan fingerprint density at radius 2 is 1.72 bits per heavy atom. The summed E-state index contributed by atoms with van der Waals surface area (Å²) in [6.07, 6.45) is 3.74. The zero-order valence-electron chi connectivity index (χ0n) is 19.1. The third-order valence-electron chi connectivity index (χ3n) is 5.77. The molecular formula is C25H35N5O2. The van der Waals surface area contributed by atoms with Gasteiger partial charge in [0.2, 0.25) is 5.91 Å². The van der Waals surface area contributed by atoms with Gasteiger partial charge in [-0.25, -0.2) is 0 Å². The van der Waals surface area contributed by atoms with E-state index < -0.39 is 0 Å². The van der Waals surface area contributed by atoms with Gasteiger partial charge in [-0.05, 0) is 49.2 Å². The number of methoxy groups -OCH3 is 1. The lowest BCUT2D eigenvalue weighted by atomic mass is 10.0. The van der Waals surface area contributed by atoms with Crippen LogP contribution in [0, 0.1) is 0 Å². The summed E-state index contributed by atoms with van der Waals surface area (Å²) in [7, 11) is 3.41. The van der Waals surface area contributed by atoms with E-state index in [1.54, 1.807) is 14.2 Å². The molecule has 7 nitrogen and oxygen atoms in total. The van der Waals surface area contributed by atoms with Gasteiger partial charge in [-0.2, -0.15) is 0 Å². The molecule has 0 aromatic heterocycles. The van der Waals surface area contributed by atoms with E-state index in [2.05, 4.69) is 38.0 Å². The fourth-order valence-corrected chi connectivity index (χ4v) is 3.95. The molecule has 3 N–H and O–H groups in total. The number of amides is 1. The van der Waals surface area contributed by atoms with Gasteiger partial charge in [-0.3, -0.25) is 14.7 Å². The van der Waals surface area contributed by atoms with Crippen LogP contribution < -0.4 is 20.7 Å². The monoisotopic (exact) mass is 437 g/mol. The highest BCUT2D eigenvalue weighted by Crippen LogP contribution is 2.25. The number of rotatable bonds is 9. The fraction of sp³-hybridized carbons (Fsp3) is 0.440. The largest absolute Gasteiger partial charge is 0.497 e. The molecule has 1 atom stereocenters. The van der Waals surface area contributed by atoms with E-state index in [0.29, 0.717) is 19.0 Å². The number of aliphatic imine (C=N–C) groups is 1. The predicted molar refractivity (Wildman–Crippen MR) is 129 cm³/mol. The Labute approximate surface area is 191 Å². The average molecular weight is 438 g/mol. The number of hydrogen-bond donors (Lipinski definition) is 3. The van der Waals surface area contributed by atoms with E-state index >= 15 is 0 Å². The Morgan fingerprint density at radius 1 is 1.00 bits per heavy atom. The van der Waals surface area contributed by atoms with Crippen molar-refractivity contribution in [3.05, 3.63) is 65.7 Å². The molecule has 1 unspecified atom stereocenters. The number of piperidine rings is 1. The zero-order valence-corrected chi connectivity index (χ0v) is 19.1. The second-order valence-corrected chi connectivity index (χ2v) is 7.95. The molecule has 32 heavy (non-hydrogen) atoms. The van der Waals surface area contributed by atoms with Gasteiger partial charge < -0.3 is 20.7 Å². The molecule has 0 spiro atoms. The van der Waals surface area contributed by atoms with Gasteiger partial charge in [0.15, 0.2) is 5.96 Å². The van der Waals surface area contributed by atoms with Crippen molar-refractivity contribution in [2.45, 2.75) is 31.8 Å². The molecule has 0 saturated carbocycles. The number of hydrogen-bond acceptors (Lipinski definition) is 4. The van der Waals surface area contributed by atoms with E-state index in [-0.39, 0.29) is 18.5 Å². The normalized spacial score (nSPS) is 15.6. The quantitative estimate of drug-likeness (QED) is 0.415. The van der Waals surface area contributed by atoms with E-state index in [1.807, 2.05) is 42.5 Å². The van der Waals surface area contributed by atoms with Crippen LogP contribution in [0.25, 0.3) is 0 Å². The van der Waals surface area contributed by atoms with Crippen molar-refractivity contribution >= 4 is 11.9 Å². The highest BCUT2D eigenvalue weighted by Gasteiger charge is 2.22. The van der Waals surface area contributed by atoms with E-state index in [1.165, 1.54) is 24.8 Å². The Morgan fingerprint density at radius 3 is 2.38 bits per heavy atom. The van der Waals surface area contributed by atoms with Crippen LogP contribution in [0.5, 0.6) is 5.75 Å². The summed E-state index contributed by atoms with van der Waals surface area (Å²) in [5, 5.41) is 9.46. The number of carbonyl (C=O) groups excluding carboxylic acids is 1. The number of carbonyl (C=O) groups is 1. The number of nitrogens with zero attached hydrogens (tertiary/aromatic N) is 2. The van der Waals surface area contributed by atoms with Crippen LogP contribution >= 0.6 is 0 Å². The fourth-order valence-electron chi connectivity index (χ4n) is 3.95. The zero-order chi connectivity index (χ0) is 22.6. The first-order valence-electron chi connectivity index (χ1n) is 11.3. The molecular weight excluding hydrogens is 402 g/mol. The standard InChI is InChI=1S/C25H35N5O2/c1-26-25(29-19-24(31)27-17-20-9-5-3-6-10-20)28-18-23(30-15-7-4-8-16-30)21-11-13-22(32-2)14-12-21/h3,5-6,9-14,23H,4,7-8,15-19H2,1-2H3,(H,27,31)(H2,26,28,29). The first-order chi connectivity index (χ1) is 15.7. The third-order valence-corrected chi connectivity index (χ3v) is 5.77. The van der Waals surface area contributed by atoms with Gasteiger partial charge in [0.1, 0.15) is 5.75 Å². The van der Waals surface area contributed by atoms with E-state index in [0.717, 1.165) is 24.4 Å². The molecule has 172 valence electrons. The van der Waals surface area contributed by atoms with Crippen molar-refractivity contribution < 1.29 is 9.53 Å². The molecule has 1 aliphatic rings. The van der Waals surface area contributed by atoms with Crippen LogP contribution in [0.3, 0.4) is 0 Å². The molecule has 1 amide bonds. The minimum Gasteiger partial charge on any atom is -0.497 e. The van der Waals surface area contributed by atoms with Crippen molar-refractivity contribution in [3.8, 4) is 5.75 Å². The van der Waals surface area contributed by atoms with Crippen LogP contribution in [0.2, 0.25) is 0 Å². The lowest BCUT2D eigenvalue weighted by Gasteiger charge is -2.35. The molecule has 0 aliphatic carbocycles. The number of likely N-dealkylation sites (tertiary alicyclic amines) is 1. The number of guanidine groups is 1. The minimum absolute atomic E-state index is 0.0699. The molecule has 3 rings (SSSR count). The minimum atomic E-state index is -0.0699. The molecule has 2 aromatic carbocycles. The number of benzene rings is 2. The molecule has 1 saturated heterocycles. The number of ether oxygens (including phenoxy) is 1. The van der Waals surface area contributed by atoms with Crippen LogP contribution in [-0.2, 0) is 11.3 Å². The van der Waals surface area contributed by atoms with Gasteiger partial charge in [0.05, 0.1) is 19.7 Å². The lowest BCUT2D eigenvalue weighted by molar-refractivity contribution is -0.120. The molecule has 1 heterocycles. The van der Waals surface area contributed by atoms with Crippen LogP contribution in [-0.4, -0.2) is 57.1 Å². The van der Waals surface area contributed by atoms with Gasteiger partial charge in [0, 0.05) is 20.1 Å². The highest BCUT2D eigenvalue weighted by atomic mass is 16.5. The topological polar surface area (TPSA) is 78.0 Å². The average Bonchev–Trinajstić information content (AvgIpc) is 2.86. The van der Waals surface area contributed by atoms with Crippen LogP contribution in [0.4, 0.5) is 0 Å². The van der Waals surface area contributed by atoms with Gasteiger partial charge in [0.25, 0.3) is 0 Å². The first kappa shape index (κ1) is 23.6. The Hall–Kier alpha value is -3.06. The molecule has 0 bridgehead atoms. The summed E-state index contributed by atoms with van der Waals surface area (Å²) < 4.78 is 5.32. The molecule has 1 fully saturated rings. The van der Waals surface area contributed by atoms with Crippen molar-refractivity contribution in [2.24, 2.45) is 4.99 Å². The third kappa shape index (κ3) is 7.27. The van der Waals surface area contributed by atoms with Crippen molar-refractivity contribution in [1.82, 2.24) is 20.9 Å². The SMILES string of the molecule is CN=C(NCC(=O)NCc1ccccc1)NCC(c1ccc(OC)cc1)N1CCCCC1. The highest BCUT2D eigenvalue weighted by molar-refractivity contribution is 5.86. The van der Waals surface area contributed by atoms with Crippen LogP contribution in [0.1, 0.15) is 36.4 Å². The van der Waals surface area contributed by atoms with Crippen molar-refractivity contribution in [2.75, 3.05) is 40.3 Å². The second-order valence-electron chi connectivity index (χ2n) is 7.95. The maximum atomic E-state index is 12.2. The van der Waals surface area contributed by atoms with Gasteiger partial charge in [-0.15, -0.1) is 0 Å². The molecule has 7 heteroatoms. The Kier molecular flexibility index (Phi) is 9.37. The van der Waals surface area contributed by atoms with E-state index in [9.17, 15) is 4.79 Å². The van der Waals surface area contributed by atoms with Gasteiger partial charge in [-0.1, -0.05) is 48.9 Å². The predicted octanol–water partition coefficient (Wildman–Crippen LogP) is 2.70. The van der Waals surface area contributed by atoms with Crippen molar-refractivity contribution in [3.63, 3.8) is 0 Å².